The van der Waals surface area contributed by atoms with Gasteiger partial charge in [0, 0.05) is 25.6 Å². The van der Waals surface area contributed by atoms with Gasteiger partial charge in [0.2, 0.25) is 0 Å². The fourth-order valence-corrected chi connectivity index (χ4v) is 3.66. The summed E-state index contributed by atoms with van der Waals surface area (Å²) >= 11 is 0. The van der Waals surface area contributed by atoms with Crippen LogP contribution in [-0.2, 0) is 0 Å². The van der Waals surface area contributed by atoms with Gasteiger partial charge < -0.3 is 19.9 Å². The zero-order valence-corrected chi connectivity index (χ0v) is 16.4. The zero-order valence-electron chi connectivity index (χ0n) is 16.4. The molecule has 2 amide bonds. The van der Waals surface area contributed by atoms with E-state index in [4.69, 9.17) is 4.74 Å². The highest BCUT2D eigenvalue weighted by Crippen LogP contribution is 2.27. The third-order valence-corrected chi connectivity index (χ3v) is 5.32. The van der Waals surface area contributed by atoms with Gasteiger partial charge in [-0.2, -0.15) is 0 Å². The minimum atomic E-state index is 0.0220. The van der Waals surface area contributed by atoms with Crippen LogP contribution in [0, 0.1) is 0 Å². The molecule has 2 aromatic carbocycles. The molecule has 1 aliphatic heterocycles. The van der Waals surface area contributed by atoms with Gasteiger partial charge in [0.05, 0.1) is 13.2 Å². The highest BCUT2D eigenvalue weighted by molar-refractivity contribution is 5.74. The van der Waals surface area contributed by atoms with Crippen LogP contribution < -0.4 is 10.1 Å². The second-order valence-corrected chi connectivity index (χ2v) is 7.28. The Balaban J connectivity index is 1.56. The van der Waals surface area contributed by atoms with Crippen LogP contribution in [0.4, 0.5) is 4.79 Å². The number of urea groups is 1. The Morgan fingerprint density at radius 2 is 1.89 bits per heavy atom. The molecule has 1 N–H and O–H groups in total. The molecule has 5 heteroatoms. The van der Waals surface area contributed by atoms with Gasteiger partial charge in [-0.1, -0.05) is 42.5 Å². The lowest BCUT2D eigenvalue weighted by molar-refractivity contribution is 0.202. The molecule has 0 spiro atoms. The van der Waals surface area contributed by atoms with E-state index in [1.807, 2.05) is 37.2 Å². The van der Waals surface area contributed by atoms with Crippen LogP contribution in [0.3, 0.4) is 0 Å². The first-order valence-corrected chi connectivity index (χ1v) is 9.46. The van der Waals surface area contributed by atoms with E-state index < -0.39 is 0 Å². The summed E-state index contributed by atoms with van der Waals surface area (Å²) in [5.74, 6) is 1.27. The lowest BCUT2D eigenvalue weighted by atomic mass is 9.99. The highest BCUT2D eigenvalue weighted by atomic mass is 16.5. The van der Waals surface area contributed by atoms with Crippen LogP contribution in [0.2, 0.25) is 0 Å². The van der Waals surface area contributed by atoms with Gasteiger partial charge in [-0.3, -0.25) is 0 Å². The molecular formula is C22H29N3O2. The molecule has 0 aliphatic carbocycles. The van der Waals surface area contributed by atoms with Gasteiger partial charge >= 0.3 is 6.03 Å². The number of carbonyl (C=O) groups is 1. The number of hydrogen-bond donors (Lipinski definition) is 1. The molecular weight excluding hydrogens is 338 g/mol. The van der Waals surface area contributed by atoms with E-state index in [9.17, 15) is 4.79 Å². The van der Waals surface area contributed by atoms with E-state index in [1.165, 1.54) is 5.56 Å². The lowest BCUT2D eigenvalue weighted by Gasteiger charge is -2.26. The molecule has 27 heavy (non-hydrogen) atoms. The molecule has 1 saturated heterocycles. The van der Waals surface area contributed by atoms with E-state index in [1.54, 1.807) is 7.11 Å². The summed E-state index contributed by atoms with van der Waals surface area (Å²) in [4.78, 5) is 16.7. The number of likely N-dealkylation sites (tertiary alicyclic amines) is 1. The van der Waals surface area contributed by atoms with Crippen molar-refractivity contribution in [1.29, 1.82) is 0 Å². The summed E-state index contributed by atoms with van der Waals surface area (Å²) in [6.07, 6.45) is 1.02. The van der Waals surface area contributed by atoms with Crippen LogP contribution >= 0.6 is 0 Å². The molecule has 1 heterocycles. The maximum Gasteiger partial charge on any atom is 0.317 e. The SMILES string of the molecule is COc1ccc(C(CNC(=O)N2CC[C@H](c3ccccc3)C2)N(C)C)cc1. The third kappa shape index (κ3) is 4.80. The molecule has 1 unspecified atom stereocenters. The van der Waals surface area contributed by atoms with Crippen molar-refractivity contribution in [2.24, 2.45) is 0 Å². The average Bonchev–Trinajstić information content (AvgIpc) is 3.19. The Kier molecular flexibility index (Phi) is 6.35. The molecule has 3 rings (SSSR count). The maximum absolute atomic E-state index is 12.7. The normalized spacial score (nSPS) is 17.8. The lowest BCUT2D eigenvalue weighted by Crippen LogP contribution is -2.42. The molecule has 2 atom stereocenters. The first-order chi connectivity index (χ1) is 13.1. The molecule has 1 aliphatic rings. The number of hydrogen-bond acceptors (Lipinski definition) is 3. The fourth-order valence-electron chi connectivity index (χ4n) is 3.66. The van der Waals surface area contributed by atoms with Crippen molar-refractivity contribution in [3.63, 3.8) is 0 Å². The Morgan fingerprint density at radius 1 is 1.19 bits per heavy atom. The van der Waals surface area contributed by atoms with Gasteiger partial charge in [0.1, 0.15) is 5.75 Å². The van der Waals surface area contributed by atoms with E-state index in [0.717, 1.165) is 30.8 Å². The highest BCUT2D eigenvalue weighted by Gasteiger charge is 2.27. The first kappa shape index (κ1) is 19.2. The first-order valence-electron chi connectivity index (χ1n) is 9.46. The predicted molar refractivity (Wildman–Crippen MR) is 108 cm³/mol. The van der Waals surface area contributed by atoms with Crippen LogP contribution in [0.5, 0.6) is 5.75 Å². The van der Waals surface area contributed by atoms with Crippen LogP contribution in [-0.4, -0.2) is 56.7 Å². The minimum absolute atomic E-state index is 0.0220. The van der Waals surface area contributed by atoms with Gasteiger partial charge in [-0.25, -0.2) is 4.79 Å². The summed E-state index contributed by atoms with van der Waals surface area (Å²) in [7, 11) is 5.72. The number of methoxy groups -OCH3 is 1. The molecule has 0 saturated carbocycles. The van der Waals surface area contributed by atoms with Crippen molar-refractivity contribution in [2.45, 2.75) is 18.4 Å². The number of benzene rings is 2. The van der Waals surface area contributed by atoms with Crippen molar-refractivity contribution in [2.75, 3.05) is 40.8 Å². The second-order valence-electron chi connectivity index (χ2n) is 7.28. The van der Waals surface area contributed by atoms with Gasteiger partial charge in [0.25, 0.3) is 0 Å². The standard InChI is InChI=1S/C22H29N3O2/c1-24(2)21(18-9-11-20(27-3)12-10-18)15-23-22(26)25-14-13-19(16-25)17-7-5-4-6-8-17/h4-12,19,21H,13-16H2,1-3H3,(H,23,26)/t19-,21?/m0/s1. The zero-order chi connectivity index (χ0) is 19.2. The number of nitrogens with zero attached hydrogens (tertiary/aromatic N) is 2. The van der Waals surface area contributed by atoms with Crippen LogP contribution in [0.15, 0.2) is 54.6 Å². The summed E-state index contributed by atoms with van der Waals surface area (Å²) in [6.45, 7) is 2.16. The van der Waals surface area contributed by atoms with Crippen LogP contribution in [0.1, 0.15) is 29.5 Å². The van der Waals surface area contributed by atoms with E-state index >= 15 is 0 Å². The van der Waals surface area contributed by atoms with E-state index in [2.05, 4.69) is 46.6 Å². The number of nitrogens with one attached hydrogen (secondary N) is 1. The Morgan fingerprint density at radius 3 is 2.52 bits per heavy atom. The monoisotopic (exact) mass is 367 g/mol. The third-order valence-electron chi connectivity index (χ3n) is 5.32. The number of likely N-dealkylation sites (N-methyl/N-ethyl adjacent to an activating group) is 1. The molecule has 2 aromatic rings. The molecule has 5 nitrogen and oxygen atoms in total. The van der Waals surface area contributed by atoms with Crippen molar-refractivity contribution >= 4 is 6.03 Å². The topological polar surface area (TPSA) is 44.8 Å². The quantitative estimate of drug-likeness (QED) is 0.850. The Bertz CT molecular complexity index is 731. The number of carbonyl (C=O) groups excluding carboxylic acids is 1. The molecule has 144 valence electrons. The Hall–Kier alpha value is -2.53. The average molecular weight is 367 g/mol. The van der Waals surface area contributed by atoms with Crippen molar-refractivity contribution in [3.8, 4) is 5.75 Å². The summed E-state index contributed by atoms with van der Waals surface area (Å²) in [5.41, 5.74) is 2.47. The van der Waals surface area contributed by atoms with Crippen molar-refractivity contribution < 1.29 is 9.53 Å². The molecule has 0 aromatic heterocycles. The van der Waals surface area contributed by atoms with Crippen LogP contribution in [0.25, 0.3) is 0 Å². The van der Waals surface area contributed by atoms with Gasteiger partial charge in [-0.05, 0) is 43.8 Å². The summed E-state index contributed by atoms with van der Waals surface area (Å²) in [5, 5.41) is 3.12. The Labute approximate surface area is 161 Å². The predicted octanol–water partition coefficient (Wildman–Crippen LogP) is 3.50. The maximum atomic E-state index is 12.7. The summed E-state index contributed by atoms with van der Waals surface area (Å²) < 4.78 is 5.23. The molecule has 0 radical (unpaired) electrons. The number of rotatable bonds is 6. The minimum Gasteiger partial charge on any atom is -0.497 e. The molecule has 1 fully saturated rings. The van der Waals surface area contributed by atoms with E-state index in [0.29, 0.717) is 12.5 Å². The fraction of sp³-hybridized carbons (Fsp3) is 0.409. The number of ether oxygens (including phenoxy) is 1. The van der Waals surface area contributed by atoms with E-state index in [-0.39, 0.29) is 12.1 Å². The second kappa shape index (κ2) is 8.91. The summed E-state index contributed by atoms with van der Waals surface area (Å²) in [6, 6.07) is 18.6. The smallest absolute Gasteiger partial charge is 0.317 e. The largest absolute Gasteiger partial charge is 0.497 e. The van der Waals surface area contributed by atoms with Gasteiger partial charge in [0.15, 0.2) is 0 Å². The van der Waals surface area contributed by atoms with Crippen molar-refractivity contribution in [3.05, 3.63) is 65.7 Å². The molecule has 0 bridgehead atoms. The van der Waals surface area contributed by atoms with Gasteiger partial charge in [-0.15, -0.1) is 0 Å². The number of amides is 2. The van der Waals surface area contributed by atoms with Crippen molar-refractivity contribution in [1.82, 2.24) is 15.1 Å².